The van der Waals surface area contributed by atoms with E-state index < -0.39 is 6.04 Å². The van der Waals surface area contributed by atoms with E-state index >= 15 is 0 Å². The van der Waals surface area contributed by atoms with Crippen molar-refractivity contribution in [2.75, 3.05) is 6.61 Å². The van der Waals surface area contributed by atoms with Crippen LogP contribution in [0.1, 0.15) is 51.1 Å². The van der Waals surface area contributed by atoms with Crippen molar-refractivity contribution in [3.05, 3.63) is 29.8 Å². The van der Waals surface area contributed by atoms with Crippen LogP contribution in [-0.4, -0.2) is 35.4 Å². The van der Waals surface area contributed by atoms with Gasteiger partial charge in [0.1, 0.15) is 11.8 Å². The Hall–Kier alpha value is -2.04. The Balaban J connectivity index is 1.95. The molecule has 0 saturated heterocycles. The summed E-state index contributed by atoms with van der Waals surface area (Å²) in [4.78, 5) is 27.1. The molecule has 1 atom stereocenters. The predicted octanol–water partition coefficient (Wildman–Crippen LogP) is 2.42. The van der Waals surface area contributed by atoms with Crippen molar-refractivity contribution >= 4 is 11.8 Å². The van der Waals surface area contributed by atoms with Gasteiger partial charge >= 0.3 is 0 Å². The monoisotopic (exact) mass is 316 g/mol. The van der Waals surface area contributed by atoms with Crippen molar-refractivity contribution in [3.63, 3.8) is 0 Å². The lowest BCUT2D eigenvalue weighted by Gasteiger charge is -2.33. The summed E-state index contributed by atoms with van der Waals surface area (Å²) in [5.41, 5.74) is 0.766. The summed E-state index contributed by atoms with van der Waals surface area (Å²) in [5, 5.41) is 3.13. The minimum Gasteiger partial charge on any atom is -0.483 e. The number of nitrogens with zero attached hydrogens (tertiary/aromatic N) is 1. The zero-order valence-electron chi connectivity index (χ0n) is 13.7. The number of benzene rings is 1. The van der Waals surface area contributed by atoms with E-state index in [1.807, 2.05) is 38.1 Å². The van der Waals surface area contributed by atoms with Gasteiger partial charge in [-0.25, -0.2) is 0 Å². The average Bonchev–Trinajstić information content (AvgIpc) is 2.97. The van der Waals surface area contributed by atoms with Gasteiger partial charge < -0.3 is 15.0 Å². The van der Waals surface area contributed by atoms with E-state index in [0.717, 1.165) is 31.2 Å². The minimum atomic E-state index is -0.623. The molecular formula is C18H24N2O3. The molecule has 0 bridgehead atoms. The van der Waals surface area contributed by atoms with Crippen LogP contribution in [0.2, 0.25) is 0 Å². The number of carbonyl (C=O) groups is 2. The number of hydrogen-bond donors (Lipinski definition) is 1. The summed E-state index contributed by atoms with van der Waals surface area (Å²) >= 11 is 0. The first-order chi connectivity index (χ1) is 11.1. The van der Waals surface area contributed by atoms with E-state index in [2.05, 4.69) is 5.32 Å². The topological polar surface area (TPSA) is 58.6 Å². The van der Waals surface area contributed by atoms with Crippen LogP contribution >= 0.6 is 0 Å². The van der Waals surface area contributed by atoms with Crippen molar-refractivity contribution in [1.82, 2.24) is 10.2 Å². The third-order valence-electron chi connectivity index (χ3n) is 4.64. The van der Waals surface area contributed by atoms with Crippen molar-refractivity contribution in [2.45, 2.75) is 57.7 Å². The number of rotatable bonds is 3. The van der Waals surface area contributed by atoms with Crippen LogP contribution < -0.4 is 10.1 Å². The fraction of sp³-hybridized carbons (Fsp3) is 0.556. The highest BCUT2D eigenvalue weighted by Gasteiger charge is 2.38. The van der Waals surface area contributed by atoms with Crippen LogP contribution in [0.25, 0.3) is 0 Å². The normalized spacial score (nSPS) is 21.8. The predicted molar refractivity (Wildman–Crippen MR) is 87.1 cm³/mol. The molecule has 5 nitrogen and oxygen atoms in total. The Labute approximate surface area is 137 Å². The van der Waals surface area contributed by atoms with Gasteiger partial charge in [0, 0.05) is 17.6 Å². The van der Waals surface area contributed by atoms with Gasteiger partial charge in [-0.05, 0) is 32.8 Å². The smallest absolute Gasteiger partial charge is 0.261 e. The highest BCUT2D eigenvalue weighted by atomic mass is 16.5. The third kappa shape index (κ3) is 3.19. The van der Waals surface area contributed by atoms with Gasteiger partial charge in [-0.3, -0.25) is 9.59 Å². The lowest BCUT2D eigenvalue weighted by Crippen LogP contribution is -2.48. The third-order valence-corrected chi connectivity index (χ3v) is 4.64. The molecule has 0 aromatic heterocycles. The van der Waals surface area contributed by atoms with Gasteiger partial charge in [-0.1, -0.05) is 31.0 Å². The standard InChI is InChI=1S/C18H24N2O3/c1-12(2)20-16(21)11-23-15-10-6-5-9-14(15)17(20)18(22)19-13-7-3-4-8-13/h5-6,9-10,12-13,17H,3-4,7-8,11H2,1-2H3,(H,19,22). The quantitative estimate of drug-likeness (QED) is 0.931. The van der Waals surface area contributed by atoms with Gasteiger partial charge in [0.25, 0.3) is 5.91 Å². The molecule has 1 unspecified atom stereocenters. The molecule has 5 heteroatoms. The summed E-state index contributed by atoms with van der Waals surface area (Å²) in [7, 11) is 0. The fourth-order valence-corrected chi connectivity index (χ4v) is 3.55. The Bertz CT molecular complexity index is 594. The zero-order valence-corrected chi connectivity index (χ0v) is 13.7. The number of carbonyl (C=O) groups excluding carboxylic acids is 2. The number of hydrogen-bond acceptors (Lipinski definition) is 3. The molecule has 1 heterocycles. The van der Waals surface area contributed by atoms with E-state index in [0.29, 0.717) is 5.75 Å². The van der Waals surface area contributed by atoms with Gasteiger partial charge in [0.2, 0.25) is 5.91 Å². The fourth-order valence-electron chi connectivity index (χ4n) is 3.55. The summed E-state index contributed by atoms with van der Waals surface area (Å²) in [6, 6.07) is 6.97. The lowest BCUT2D eigenvalue weighted by molar-refractivity contribution is -0.143. The molecular weight excluding hydrogens is 292 g/mol. The van der Waals surface area contributed by atoms with Crippen LogP contribution in [0, 0.1) is 0 Å². The summed E-state index contributed by atoms with van der Waals surface area (Å²) < 4.78 is 5.62. The van der Waals surface area contributed by atoms with Crippen molar-refractivity contribution in [3.8, 4) is 5.75 Å². The largest absolute Gasteiger partial charge is 0.483 e. The number of ether oxygens (including phenoxy) is 1. The molecule has 2 amide bonds. The maximum absolute atomic E-state index is 13.0. The Morgan fingerprint density at radius 2 is 1.96 bits per heavy atom. The Kier molecular flexibility index (Phi) is 4.55. The van der Waals surface area contributed by atoms with Gasteiger partial charge in [-0.2, -0.15) is 0 Å². The lowest BCUT2D eigenvalue weighted by atomic mass is 10.0. The van der Waals surface area contributed by atoms with Crippen LogP contribution in [0.5, 0.6) is 5.75 Å². The van der Waals surface area contributed by atoms with E-state index in [-0.39, 0.29) is 30.5 Å². The molecule has 124 valence electrons. The summed E-state index contributed by atoms with van der Waals surface area (Å²) in [6.45, 7) is 3.84. The second kappa shape index (κ2) is 6.60. The first kappa shape index (κ1) is 15.8. The van der Waals surface area contributed by atoms with Gasteiger partial charge in [0.05, 0.1) is 0 Å². The Morgan fingerprint density at radius 1 is 1.26 bits per heavy atom. The van der Waals surface area contributed by atoms with Gasteiger partial charge in [-0.15, -0.1) is 0 Å². The van der Waals surface area contributed by atoms with Crippen LogP contribution in [0.15, 0.2) is 24.3 Å². The first-order valence-corrected chi connectivity index (χ1v) is 8.41. The average molecular weight is 316 g/mol. The molecule has 1 aromatic rings. The maximum Gasteiger partial charge on any atom is 0.261 e. The van der Waals surface area contributed by atoms with E-state index in [1.165, 1.54) is 0 Å². The van der Waals surface area contributed by atoms with Crippen molar-refractivity contribution < 1.29 is 14.3 Å². The van der Waals surface area contributed by atoms with Crippen LogP contribution in [0.3, 0.4) is 0 Å². The molecule has 0 spiro atoms. The highest BCUT2D eigenvalue weighted by Crippen LogP contribution is 2.34. The minimum absolute atomic E-state index is 0.0254. The second-order valence-electron chi connectivity index (χ2n) is 6.61. The molecule has 1 saturated carbocycles. The number of amides is 2. The van der Waals surface area contributed by atoms with Crippen molar-refractivity contribution in [1.29, 1.82) is 0 Å². The zero-order chi connectivity index (χ0) is 16.4. The van der Waals surface area contributed by atoms with E-state index in [9.17, 15) is 9.59 Å². The molecule has 1 N–H and O–H groups in total. The molecule has 1 aromatic carbocycles. The number of para-hydroxylation sites is 1. The number of nitrogens with one attached hydrogen (secondary N) is 1. The van der Waals surface area contributed by atoms with Crippen LogP contribution in [-0.2, 0) is 9.59 Å². The Morgan fingerprint density at radius 3 is 2.65 bits per heavy atom. The first-order valence-electron chi connectivity index (χ1n) is 8.41. The molecule has 2 aliphatic rings. The summed E-state index contributed by atoms with van der Waals surface area (Å²) in [5.74, 6) is 0.371. The molecule has 1 fully saturated rings. The highest BCUT2D eigenvalue weighted by molar-refractivity contribution is 5.91. The molecule has 3 rings (SSSR count). The number of fused-ring (bicyclic) bond motifs is 1. The molecule has 1 aliphatic heterocycles. The van der Waals surface area contributed by atoms with Gasteiger partial charge in [0.15, 0.2) is 6.61 Å². The molecule has 23 heavy (non-hydrogen) atoms. The van der Waals surface area contributed by atoms with E-state index in [1.54, 1.807) is 4.90 Å². The van der Waals surface area contributed by atoms with Crippen molar-refractivity contribution in [2.24, 2.45) is 0 Å². The summed E-state index contributed by atoms with van der Waals surface area (Å²) in [6.07, 6.45) is 4.35. The molecule has 1 aliphatic carbocycles. The van der Waals surface area contributed by atoms with E-state index in [4.69, 9.17) is 4.74 Å². The second-order valence-corrected chi connectivity index (χ2v) is 6.61. The SMILES string of the molecule is CC(C)N1C(=O)COc2ccccc2C1C(=O)NC1CCCC1. The maximum atomic E-state index is 13.0. The van der Waals surface area contributed by atoms with Crippen LogP contribution in [0.4, 0.5) is 0 Å². The molecule has 0 radical (unpaired) electrons.